The Balaban J connectivity index is 1.07. The number of aromatic nitrogens is 3. The van der Waals surface area contributed by atoms with Crippen molar-refractivity contribution in [3.63, 3.8) is 0 Å². The normalized spacial score (nSPS) is 11.6. The molecule has 0 N–H and O–H groups in total. The van der Waals surface area contributed by atoms with Gasteiger partial charge in [0, 0.05) is 42.1 Å². The topological polar surface area (TPSA) is 51.8 Å². The number of nitrogens with zero attached hydrogens (tertiary/aromatic N) is 3. The smallest absolute Gasteiger partial charge is 0.167 e. The fraction of sp³-hybridized carbons (Fsp3) is 0. The first-order valence-corrected chi connectivity index (χ1v) is 19.5. The number of para-hydroxylation sites is 1. The molecule has 0 amide bonds. The van der Waals surface area contributed by atoms with E-state index in [9.17, 15) is 0 Å². The molecule has 0 radical (unpaired) electrons. The number of furan rings is 1. The maximum Gasteiger partial charge on any atom is 0.167 e. The molecule has 0 spiro atoms. The standard InChI is InChI=1S/C51H31N3OS/c1-4-14-32(15-5-1)35-20-12-21-37(30-35)50-52-49(34-18-8-3-9-19-34)53-51(54-50)42-24-13-23-40-43-31-36(26-29-44(43)55-47(40)42)39-28-27-38(33-16-6-2-7-17-33)46-41-22-10-11-25-45(41)56-48(39)46/h1-31H. The minimum atomic E-state index is 0.562. The quantitative estimate of drug-likeness (QED) is 0.171. The lowest BCUT2D eigenvalue weighted by Gasteiger charge is -2.10. The van der Waals surface area contributed by atoms with Crippen LogP contribution in [0.15, 0.2) is 192 Å². The lowest BCUT2D eigenvalue weighted by atomic mass is 9.94. The zero-order valence-electron chi connectivity index (χ0n) is 30.1. The van der Waals surface area contributed by atoms with E-state index in [2.05, 4.69) is 146 Å². The number of benzene rings is 8. The second-order valence-electron chi connectivity index (χ2n) is 13.9. The average Bonchev–Trinajstić information content (AvgIpc) is 3.86. The van der Waals surface area contributed by atoms with Crippen molar-refractivity contribution in [2.75, 3.05) is 0 Å². The van der Waals surface area contributed by atoms with E-state index in [1.54, 1.807) is 0 Å². The van der Waals surface area contributed by atoms with Gasteiger partial charge in [0.15, 0.2) is 17.5 Å². The second kappa shape index (κ2) is 13.3. The Morgan fingerprint density at radius 1 is 0.357 bits per heavy atom. The van der Waals surface area contributed by atoms with Crippen LogP contribution < -0.4 is 0 Å². The largest absolute Gasteiger partial charge is 0.455 e. The summed E-state index contributed by atoms with van der Waals surface area (Å²) >= 11 is 1.86. The molecule has 11 aromatic rings. The molecular formula is C51H31N3OS. The third kappa shape index (κ3) is 5.48. The molecule has 0 aliphatic heterocycles. The molecule has 0 aliphatic rings. The number of rotatable bonds is 6. The van der Waals surface area contributed by atoms with E-state index in [1.165, 1.54) is 36.9 Å². The third-order valence-electron chi connectivity index (χ3n) is 10.6. The lowest BCUT2D eigenvalue weighted by molar-refractivity contribution is 0.669. The molecule has 3 aromatic heterocycles. The van der Waals surface area contributed by atoms with Gasteiger partial charge in [0.25, 0.3) is 0 Å². The summed E-state index contributed by atoms with van der Waals surface area (Å²) in [5.74, 6) is 1.78. The molecule has 3 heterocycles. The highest BCUT2D eigenvalue weighted by atomic mass is 32.1. The summed E-state index contributed by atoms with van der Waals surface area (Å²) < 4.78 is 9.27. The van der Waals surface area contributed by atoms with Gasteiger partial charge in [0.1, 0.15) is 11.2 Å². The van der Waals surface area contributed by atoms with Crippen molar-refractivity contribution in [2.45, 2.75) is 0 Å². The Morgan fingerprint density at radius 3 is 1.77 bits per heavy atom. The Morgan fingerprint density at radius 2 is 0.964 bits per heavy atom. The van der Waals surface area contributed by atoms with Crippen molar-refractivity contribution in [1.82, 2.24) is 15.0 Å². The first kappa shape index (κ1) is 32.2. The monoisotopic (exact) mass is 733 g/mol. The van der Waals surface area contributed by atoms with E-state index < -0.39 is 0 Å². The fourth-order valence-corrected chi connectivity index (χ4v) is 9.13. The van der Waals surface area contributed by atoms with Gasteiger partial charge in [-0.2, -0.15) is 0 Å². The predicted molar refractivity (Wildman–Crippen MR) is 233 cm³/mol. The van der Waals surface area contributed by atoms with Gasteiger partial charge in [-0.3, -0.25) is 0 Å². The molecule has 5 heteroatoms. The fourth-order valence-electron chi connectivity index (χ4n) is 7.87. The van der Waals surface area contributed by atoms with Gasteiger partial charge in [0.2, 0.25) is 0 Å². The summed E-state index contributed by atoms with van der Waals surface area (Å²) in [4.78, 5) is 15.2. The van der Waals surface area contributed by atoms with Crippen LogP contribution in [0.5, 0.6) is 0 Å². The van der Waals surface area contributed by atoms with Gasteiger partial charge in [-0.15, -0.1) is 11.3 Å². The van der Waals surface area contributed by atoms with Crippen LogP contribution >= 0.6 is 11.3 Å². The molecule has 0 atom stereocenters. The third-order valence-corrected chi connectivity index (χ3v) is 11.8. The van der Waals surface area contributed by atoms with Crippen molar-refractivity contribution in [3.05, 3.63) is 188 Å². The molecule has 4 nitrogen and oxygen atoms in total. The van der Waals surface area contributed by atoms with E-state index in [1.807, 2.05) is 53.8 Å². The summed E-state index contributed by atoms with van der Waals surface area (Å²) in [5.41, 5.74) is 11.3. The first-order chi connectivity index (χ1) is 27.7. The van der Waals surface area contributed by atoms with Crippen molar-refractivity contribution in [1.29, 1.82) is 0 Å². The summed E-state index contributed by atoms with van der Waals surface area (Å²) in [6, 6.07) is 65.6. The van der Waals surface area contributed by atoms with Crippen LogP contribution in [0.3, 0.4) is 0 Å². The van der Waals surface area contributed by atoms with Crippen LogP contribution in [0.2, 0.25) is 0 Å². The number of hydrogen-bond acceptors (Lipinski definition) is 5. The molecule has 0 bridgehead atoms. The van der Waals surface area contributed by atoms with Crippen molar-refractivity contribution >= 4 is 53.4 Å². The van der Waals surface area contributed by atoms with Gasteiger partial charge < -0.3 is 4.42 Å². The maximum absolute atomic E-state index is 6.71. The van der Waals surface area contributed by atoms with Gasteiger partial charge in [-0.25, -0.2) is 15.0 Å². The average molecular weight is 734 g/mol. The van der Waals surface area contributed by atoms with Crippen LogP contribution in [0, 0.1) is 0 Å². The molecular weight excluding hydrogens is 703 g/mol. The van der Waals surface area contributed by atoms with Crippen LogP contribution in [0.1, 0.15) is 0 Å². The number of thiophene rings is 1. The molecule has 11 rings (SSSR count). The summed E-state index contributed by atoms with van der Waals surface area (Å²) in [7, 11) is 0. The lowest BCUT2D eigenvalue weighted by Crippen LogP contribution is -2.00. The van der Waals surface area contributed by atoms with Crippen molar-refractivity contribution < 1.29 is 4.42 Å². The van der Waals surface area contributed by atoms with Gasteiger partial charge in [0.05, 0.1) is 5.56 Å². The van der Waals surface area contributed by atoms with Crippen molar-refractivity contribution in [2.24, 2.45) is 0 Å². The van der Waals surface area contributed by atoms with E-state index in [4.69, 9.17) is 19.4 Å². The molecule has 8 aromatic carbocycles. The zero-order chi connectivity index (χ0) is 37.0. The van der Waals surface area contributed by atoms with Crippen LogP contribution in [0.4, 0.5) is 0 Å². The second-order valence-corrected chi connectivity index (χ2v) is 15.0. The molecule has 0 unspecified atom stereocenters. The van der Waals surface area contributed by atoms with Crippen LogP contribution in [-0.4, -0.2) is 15.0 Å². The highest BCUT2D eigenvalue weighted by molar-refractivity contribution is 7.26. The Bertz CT molecular complexity index is 3240. The predicted octanol–water partition coefficient (Wildman–Crippen LogP) is 14.1. The Kier molecular flexibility index (Phi) is 7.64. The van der Waals surface area contributed by atoms with Gasteiger partial charge >= 0.3 is 0 Å². The maximum atomic E-state index is 6.71. The molecule has 56 heavy (non-hydrogen) atoms. The van der Waals surface area contributed by atoms with Crippen LogP contribution in [0.25, 0.3) is 110 Å². The molecule has 262 valence electrons. The van der Waals surface area contributed by atoms with E-state index in [0.29, 0.717) is 17.5 Å². The summed E-state index contributed by atoms with van der Waals surface area (Å²) in [5, 5.41) is 4.64. The summed E-state index contributed by atoms with van der Waals surface area (Å²) in [6.07, 6.45) is 0. The minimum Gasteiger partial charge on any atom is -0.455 e. The highest BCUT2D eigenvalue weighted by Gasteiger charge is 2.20. The number of fused-ring (bicyclic) bond motifs is 6. The summed E-state index contributed by atoms with van der Waals surface area (Å²) in [6.45, 7) is 0. The van der Waals surface area contributed by atoms with E-state index in [-0.39, 0.29) is 0 Å². The Labute approximate surface area is 327 Å². The van der Waals surface area contributed by atoms with Crippen LogP contribution in [-0.2, 0) is 0 Å². The van der Waals surface area contributed by atoms with Crippen molar-refractivity contribution in [3.8, 4) is 67.5 Å². The SMILES string of the molecule is c1ccc(-c2cccc(-c3nc(-c4ccccc4)nc(-c4cccc5c4oc4ccc(-c6ccc(-c7ccccc7)c7c6sc6ccccc67)cc45)n3)c2)cc1. The molecule has 0 fully saturated rings. The number of hydrogen-bond donors (Lipinski definition) is 0. The Hall–Kier alpha value is -7.21. The minimum absolute atomic E-state index is 0.562. The molecule has 0 saturated carbocycles. The highest BCUT2D eigenvalue weighted by Crippen LogP contribution is 2.46. The van der Waals surface area contributed by atoms with E-state index >= 15 is 0 Å². The van der Waals surface area contributed by atoms with Gasteiger partial charge in [-0.1, -0.05) is 158 Å². The first-order valence-electron chi connectivity index (χ1n) is 18.7. The zero-order valence-corrected chi connectivity index (χ0v) is 30.9. The molecule has 0 aliphatic carbocycles. The molecule has 0 saturated heterocycles. The van der Waals surface area contributed by atoms with E-state index in [0.717, 1.165) is 55.3 Å². The van der Waals surface area contributed by atoms with Gasteiger partial charge in [-0.05, 0) is 63.7 Å².